The second kappa shape index (κ2) is 0.750. The SMILES string of the molecule is n1nn[n-]n1. The molecule has 1 heterocycles. The van der Waals surface area contributed by atoms with Crippen molar-refractivity contribution in [1.29, 1.82) is 0 Å². The highest BCUT2D eigenvalue weighted by molar-refractivity contribution is 3.82. The van der Waals surface area contributed by atoms with Crippen molar-refractivity contribution in [3.63, 3.8) is 0 Å². The predicted molar refractivity (Wildman–Crippen MR) is 10.9 cm³/mol. The van der Waals surface area contributed by atoms with Gasteiger partial charge in [-0.25, -0.2) is 10.4 Å². The van der Waals surface area contributed by atoms with E-state index < -0.39 is 0 Å². The molecule has 0 aliphatic carbocycles. The Kier molecular flexibility index (Phi) is 0.338. The summed E-state index contributed by atoms with van der Waals surface area (Å²) in [4.78, 5) is 0. The molecule has 0 bridgehead atoms. The molecule has 0 aliphatic rings. The van der Waals surface area contributed by atoms with Crippen LogP contribution in [0.1, 0.15) is 0 Å². The summed E-state index contributed by atoms with van der Waals surface area (Å²) in [6.07, 6.45) is 0. The molecule has 0 N–H and O–H groups in total. The van der Waals surface area contributed by atoms with Gasteiger partial charge in [-0.05, 0) is 0 Å². The first kappa shape index (κ1) is 2.25. The van der Waals surface area contributed by atoms with Gasteiger partial charge in [-0.15, -0.1) is 0 Å². The summed E-state index contributed by atoms with van der Waals surface area (Å²) < 4.78 is 0. The number of aromatic nitrogens is 5. The molecule has 0 fully saturated rings. The third-order valence-electron chi connectivity index (χ3n) is 0.200. The molecule has 26 valence electrons. The van der Waals surface area contributed by atoms with Crippen molar-refractivity contribution in [2.75, 3.05) is 0 Å². The van der Waals surface area contributed by atoms with Crippen LogP contribution in [0.4, 0.5) is 0 Å². The first-order valence-electron chi connectivity index (χ1n) is 1.000. The van der Waals surface area contributed by atoms with Crippen LogP contribution in [0.2, 0.25) is 0 Å². The summed E-state index contributed by atoms with van der Waals surface area (Å²) in [5.74, 6) is 0. The molecule has 5 nitrogen and oxygen atoms in total. The molecule has 0 spiro atoms. The molecule has 1 aromatic heterocycles. The smallest absolute Gasteiger partial charge is 0.173 e. The van der Waals surface area contributed by atoms with Gasteiger partial charge in [-0.2, -0.15) is 15.6 Å². The largest absolute Gasteiger partial charge is 0.239 e. The predicted octanol–water partition coefficient (Wildman–Crippen LogP) is -1.78. The van der Waals surface area contributed by atoms with Gasteiger partial charge in [-0.3, -0.25) is 0 Å². The van der Waals surface area contributed by atoms with E-state index in [-0.39, 0.29) is 0 Å². The number of rotatable bonds is 0. The molecule has 0 aliphatic heterocycles. The van der Waals surface area contributed by atoms with Crippen molar-refractivity contribution < 1.29 is 0 Å². The lowest BCUT2D eigenvalue weighted by Crippen LogP contribution is -1.71. The van der Waals surface area contributed by atoms with Crippen LogP contribution in [0.25, 0.3) is 0 Å². The average Bonchev–Trinajstić information content (AvgIpc) is 1.76. The number of hydrogen-bond donors (Lipinski definition) is 0. The van der Waals surface area contributed by atoms with E-state index in [1.807, 2.05) is 0 Å². The maximum absolute atomic E-state index is 3.00. The first-order chi connectivity index (χ1) is 2.50. The summed E-state index contributed by atoms with van der Waals surface area (Å²) in [5.41, 5.74) is 0. The Hall–Kier alpha value is -1.00. The van der Waals surface area contributed by atoms with E-state index in [4.69, 9.17) is 0 Å². The quantitative estimate of drug-likeness (QED) is 0.361. The average molecular weight is 70.0 g/mol. The van der Waals surface area contributed by atoms with Crippen molar-refractivity contribution in [3.8, 4) is 0 Å². The van der Waals surface area contributed by atoms with Gasteiger partial charge in [0, 0.05) is 0 Å². The maximum atomic E-state index is 3.00. The van der Waals surface area contributed by atoms with Gasteiger partial charge in [-0.1, -0.05) is 0 Å². The second-order valence-corrected chi connectivity index (χ2v) is 0.447. The molecule has 0 unspecified atom stereocenters. The molecular formula is N5-. The Balaban J connectivity index is 3.13. The molecule has 0 saturated heterocycles. The third kappa shape index (κ3) is 0.188. The number of nitrogens with zero attached hydrogens (tertiary/aromatic N) is 5. The molecule has 0 saturated carbocycles. The highest BCUT2D eigenvalue weighted by atomic mass is 15.6. The molecule has 1 rings (SSSR count). The summed E-state index contributed by atoms with van der Waals surface area (Å²) in [7, 11) is 0. The fourth-order valence-electron chi connectivity index (χ4n) is 0.0894. The van der Waals surface area contributed by atoms with Gasteiger partial charge in [0.05, 0.1) is 0 Å². The first-order valence-corrected chi connectivity index (χ1v) is 1.000. The van der Waals surface area contributed by atoms with E-state index in [2.05, 4.69) is 26.1 Å². The van der Waals surface area contributed by atoms with Crippen LogP contribution in [-0.2, 0) is 0 Å². The maximum Gasteiger partial charge on any atom is -0.173 e. The normalized spacial score (nSPS) is 8.00. The number of hydrogen-bond acceptors (Lipinski definition) is 4. The van der Waals surface area contributed by atoms with Crippen molar-refractivity contribution >= 4 is 0 Å². The Labute approximate surface area is 27.4 Å². The lowest BCUT2D eigenvalue weighted by Gasteiger charge is -1.54. The Morgan fingerprint density at radius 1 is 1.00 bits per heavy atom. The summed E-state index contributed by atoms with van der Waals surface area (Å²) in [6.45, 7) is 0. The van der Waals surface area contributed by atoms with Crippen LogP contribution >= 0.6 is 0 Å². The van der Waals surface area contributed by atoms with Crippen molar-refractivity contribution in [3.05, 3.63) is 0 Å². The molecule has 0 aromatic carbocycles. The molecule has 0 radical (unpaired) electrons. The zero-order valence-corrected chi connectivity index (χ0v) is 2.24. The molecule has 5 heteroatoms. The molecule has 1 aromatic rings. The highest BCUT2D eigenvalue weighted by Crippen LogP contribution is 1.28. The van der Waals surface area contributed by atoms with Gasteiger partial charge >= 0.3 is 0 Å². The van der Waals surface area contributed by atoms with E-state index in [1.165, 1.54) is 0 Å². The monoisotopic (exact) mass is 70.0 g/mol. The Bertz CT molecular complexity index is 56.5. The summed E-state index contributed by atoms with van der Waals surface area (Å²) in [6, 6.07) is 0. The van der Waals surface area contributed by atoms with Crippen molar-refractivity contribution in [2.45, 2.75) is 0 Å². The zero-order valence-electron chi connectivity index (χ0n) is 2.24. The summed E-state index contributed by atoms with van der Waals surface area (Å²) >= 11 is 0. The van der Waals surface area contributed by atoms with Crippen LogP contribution in [0.3, 0.4) is 0 Å². The minimum Gasteiger partial charge on any atom is -0.239 e. The van der Waals surface area contributed by atoms with Crippen LogP contribution in [0.5, 0.6) is 0 Å². The minimum absolute atomic E-state index is 3.00. The van der Waals surface area contributed by atoms with Crippen molar-refractivity contribution in [2.24, 2.45) is 0 Å². The van der Waals surface area contributed by atoms with E-state index in [0.29, 0.717) is 0 Å². The lowest BCUT2D eigenvalue weighted by atomic mass is 12.7. The van der Waals surface area contributed by atoms with Crippen LogP contribution in [0.15, 0.2) is 0 Å². The van der Waals surface area contributed by atoms with Gasteiger partial charge in [0.2, 0.25) is 0 Å². The molecule has 5 heavy (non-hydrogen) atoms. The fourth-order valence-corrected chi connectivity index (χ4v) is 0.0894. The van der Waals surface area contributed by atoms with E-state index in [9.17, 15) is 0 Å². The highest BCUT2D eigenvalue weighted by Gasteiger charge is 1.44. The van der Waals surface area contributed by atoms with Crippen LogP contribution < -0.4 is 5.21 Å². The van der Waals surface area contributed by atoms with Gasteiger partial charge in [0.1, 0.15) is 0 Å². The zero-order chi connectivity index (χ0) is 3.54. The molecule has 0 atom stereocenters. The molecule has 0 amide bonds. The van der Waals surface area contributed by atoms with E-state index >= 15 is 0 Å². The minimum atomic E-state index is 3.00. The lowest BCUT2D eigenvalue weighted by molar-refractivity contribution is 0.854. The fraction of sp³-hybridized carbons (Fsp3) is 0. The van der Waals surface area contributed by atoms with Gasteiger partial charge < -0.3 is 0 Å². The third-order valence-corrected chi connectivity index (χ3v) is 0.200. The van der Waals surface area contributed by atoms with Crippen molar-refractivity contribution in [1.82, 2.24) is 26.1 Å². The van der Waals surface area contributed by atoms with Gasteiger partial charge in [0.15, 0.2) is 0 Å². The molecular weight excluding hydrogens is 70.0 g/mol. The standard InChI is InChI=1S/N5/c1-2-4-5-3-1/q-1. The van der Waals surface area contributed by atoms with E-state index in [0.717, 1.165) is 0 Å². The Morgan fingerprint density at radius 2 is 1.60 bits per heavy atom. The van der Waals surface area contributed by atoms with Crippen LogP contribution in [-0.4, -0.2) is 20.9 Å². The summed E-state index contributed by atoms with van der Waals surface area (Å²) in [5, 5.41) is 15.0. The van der Waals surface area contributed by atoms with Gasteiger partial charge in [0.25, 0.3) is 0 Å². The van der Waals surface area contributed by atoms with E-state index in [1.54, 1.807) is 0 Å². The second-order valence-electron chi connectivity index (χ2n) is 0.447. The topological polar surface area (TPSA) is 65.7 Å². The van der Waals surface area contributed by atoms with Crippen LogP contribution in [0, 0.1) is 0 Å². The Morgan fingerprint density at radius 3 is 1.80 bits per heavy atom.